The molecule has 0 aliphatic heterocycles. The van der Waals surface area contributed by atoms with Crippen molar-refractivity contribution in [3.63, 3.8) is 0 Å². The monoisotopic (exact) mass is 413 g/mol. The van der Waals surface area contributed by atoms with Crippen LogP contribution in [-0.4, -0.2) is 63.7 Å². The van der Waals surface area contributed by atoms with Gasteiger partial charge in [0.25, 0.3) is 0 Å². The van der Waals surface area contributed by atoms with Gasteiger partial charge in [-0.05, 0) is 36.9 Å². The van der Waals surface area contributed by atoms with E-state index in [0.29, 0.717) is 30.2 Å². The fourth-order valence-electron chi connectivity index (χ4n) is 3.19. The first-order valence-corrected chi connectivity index (χ1v) is 9.76. The third-order valence-corrected chi connectivity index (χ3v) is 5.05. The van der Waals surface area contributed by atoms with Gasteiger partial charge < -0.3 is 31.6 Å². The number of amides is 1. The van der Waals surface area contributed by atoms with Crippen LogP contribution in [0.2, 0.25) is 0 Å². The normalized spacial score (nSPS) is 12.7. The minimum absolute atomic E-state index is 0.103. The summed E-state index contributed by atoms with van der Waals surface area (Å²) in [7, 11) is 1.65. The molecule has 30 heavy (non-hydrogen) atoms. The lowest BCUT2D eigenvalue weighted by Gasteiger charge is -2.31. The Hall–Kier alpha value is -3.23. The Morgan fingerprint density at radius 1 is 1.37 bits per heavy atom. The van der Waals surface area contributed by atoms with E-state index in [9.17, 15) is 15.0 Å². The Bertz CT molecular complexity index is 906. The number of nitrogens with one attached hydrogen (secondary N) is 1. The minimum Gasteiger partial charge on any atom is -0.507 e. The van der Waals surface area contributed by atoms with E-state index in [1.165, 1.54) is 11.0 Å². The number of hydrogen-bond acceptors (Lipinski definition) is 6. The molecule has 2 rings (SSSR count). The summed E-state index contributed by atoms with van der Waals surface area (Å²) in [5.74, 6) is 0.337. The smallest absolute Gasteiger partial charge is 0.246 e. The number of nitrogens with two attached hydrogens (primary N) is 2. The summed E-state index contributed by atoms with van der Waals surface area (Å²) >= 11 is 0. The van der Waals surface area contributed by atoms with Gasteiger partial charge in [-0.1, -0.05) is 25.6 Å². The highest BCUT2D eigenvalue weighted by Crippen LogP contribution is 2.25. The number of nitrogens with zero attached hydrogens (tertiary/aromatic N) is 2. The number of carbonyl (C=O) groups is 1. The Morgan fingerprint density at radius 3 is 2.67 bits per heavy atom. The second-order valence-corrected chi connectivity index (χ2v) is 7.10. The van der Waals surface area contributed by atoms with Crippen LogP contribution in [0.25, 0.3) is 11.8 Å². The van der Waals surface area contributed by atoms with Crippen LogP contribution in [-0.2, 0) is 11.3 Å². The van der Waals surface area contributed by atoms with E-state index < -0.39 is 0 Å². The van der Waals surface area contributed by atoms with Gasteiger partial charge in [-0.25, -0.2) is 0 Å². The van der Waals surface area contributed by atoms with Crippen molar-refractivity contribution in [2.24, 2.45) is 5.73 Å². The molecule has 162 valence electrons. The van der Waals surface area contributed by atoms with Gasteiger partial charge >= 0.3 is 0 Å². The molecule has 0 saturated heterocycles. The van der Waals surface area contributed by atoms with Crippen molar-refractivity contribution < 1.29 is 15.0 Å². The molecule has 0 bridgehead atoms. The molecule has 8 nitrogen and oxygen atoms in total. The highest BCUT2D eigenvalue weighted by atomic mass is 16.3. The highest BCUT2D eigenvalue weighted by molar-refractivity contribution is 5.87. The summed E-state index contributed by atoms with van der Waals surface area (Å²) in [6, 6.07) is 8.39. The lowest BCUT2D eigenvalue weighted by molar-refractivity contribution is -0.128. The van der Waals surface area contributed by atoms with Gasteiger partial charge in [0.2, 0.25) is 5.91 Å². The average Bonchev–Trinajstić information content (AvgIpc) is 3.08. The first-order valence-electron chi connectivity index (χ1n) is 9.76. The number of nitrogen functional groups attached to an aromatic ring is 1. The third-order valence-electron chi connectivity index (χ3n) is 5.05. The lowest BCUT2D eigenvalue weighted by Crippen LogP contribution is -2.46. The largest absolute Gasteiger partial charge is 0.507 e. The zero-order valence-electron chi connectivity index (χ0n) is 17.5. The van der Waals surface area contributed by atoms with Crippen LogP contribution in [0, 0.1) is 0 Å². The maximum atomic E-state index is 11.9. The Kier molecular flexibility index (Phi) is 8.08. The molecule has 0 fully saturated rings. The van der Waals surface area contributed by atoms with Crippen LogP contribution in [0.5, 0.6) is 5.75 Å². The molecule has 0 aliphatic rings. The molecular formula is C22H31N5O3. The van der Waals surface area contributed by atoms with Crippen molar-refractivity contribution in [2.75, 3.05) is 32.5 Å². The molecule has 0 saturated carbocycles. The number of aromatic nitrogens is 1. The molecule has 0 radical (unpaired) electrons. The van der Waals surface area contributed by atoms with Crippen LogP contribution in [0.15, 0.2) is 43.0 Å². The fraction of sp³-hybridized carbons (Fsp3) is 0.318. The third kappa shape index (κ3) is 5.65. The molecule has 1 unspecified atom stereocenters. The fourth-order valence-corrected chi connectivity index (χ4v) is 3.19. The molecule has 1 amide bonds. The summed E-state index contributed by atoms with van der Waals surface area (Å²) < 4.78 is 0. The maximum absolute atomic E-state index is 11.9. The van der Waals surface area contributed by atoms with E-state index in [4.69, 9.17) is 11.5 Å². The molecule has 1 aromatic carbocycles. The second-order valence-electron chi connectivity index (χ2n) is 7.10. The molecule has 0 spiro atoms. The van der Waals surface area contributed by atoms with Gasteiger partial charge in [0.15, 0.2) is 0 Å². The van der Waals surface area contributed by atoms with Gasteiger partial charge in [-0.3, -0.25) is 9.69 Å². The van der Waals surface area contributed by atoms with Crippen LogP contribution in [0.1, 0.15) is 23.7 Å². The minimum atomic E-state index is -0.348. The predicted octanol–water partition coefficient (Wildman–Crippen LogP) is 1.59. The van der Waals surface area contributed by atoms with Crippen LogP contribution >= 0.6 is 0 Å². The first-order chi connectivity index (χ1) is 14.3. The number of phenolic OH excluding ortho intramolecular Hbond substituents is 1. The van der Waals surface area contributed by atoms with Crippen molar-refractivity contribution in [1.82, 2.24) is 14.8 Å². The van der Waals surface area contributed by atoms with Crippen molar-refractivity contribution in [3.05, 3.63) is 59.8 Å². The van der Waals surface area contributed by atoms with Crippen molar-refractivity contribution in [1.29, 1.82) is 0 Å². The highest BCUT2D eigenvalue weighted by Gasteiger charge is 2.20. The van der Waals surface area contributed by atoms with Crippen LogP contribution in [0.4, 0.5) is 5.82 Å². The van der Waals surface area contributed by atoms with E-state index in [-0.39, 0.29) is 24.3 Å². The van der Waals surface area contributed by atoms with Gasteiger partial charge in [0, 0.05) is 42.7 Å². The topological polar surface area (TPSA) is 132 Å². The molecule has 1 heterocycles. The molecule has 0 aliphatic carbocycles. The Labute approximate surface area is 177 Å². The number of aromatic hydroxyl groups is 1. The number of hydrogen-bond donors (Lipinski definition) is 5. The van der Waals surface area contributed by atoms with E-state index in [0.717, 1.165) is 17.8 Å². The SMILES string of the molecule is C=CC(=O)N(C)C(CO)CN(CC)Cc1cc(/C=C(\N)c2ccccc2O)c(N)[nH]1. The number of para-hydroxylation sites is 1. The average molecular weight is 414 g/mol. The Morgan fingerprint density at radius 2 is 2.07 bits per heavy atom. The van der Waals surface area contributed by atoms with Crippen LogP contribution < -0.4 is 11.5 Å². The first kappa shape index (κ1) is 23.1. The predicted molar refractivity (Wildman–Crippen MR) is 120 cm³/mol. The number of aromatic amines is 1. The Balaban J connectivity index is 2.15. The number of aliphatic hydroxyl groups is 1. The quantitative estimate of drug-likeness (QED) is 0.376. The van der Waals surface area contributed by atoms with Crippen molar-refractivity contribution in [3.8, 4) is 5.75 Å². The van der Waals surface area contributed by atoms with Gasteiger partial charge in [-0.2, -0.15) is 0 Å². The summed E-state index contributed by atoms with van der Waals surface area (Å²) in [6.07, 6.45) is 2.95. The van der Waals surface area contributed by atoms with Gasteiger partial charge in [0.05, 0.1) is 12.6 Å². The number of anilines is 1. The number of benzene rings is 1. The van der Waals surface area contributed by atoms with Gasteiger partial charge in [0.1, 0.15) is 11.6 Å². The molecular weight excluding hydrogens is 382 g/mol. The number of phenols is 1. The standard InChI is InChI=1S/C22H31N5O3/c1-4-21(30)26(3)17(14-28)13-27(5-2)12-16-10-15(22(24)25-16)11-19(23)18-8-6-7-9-20(18)29/h4,6-11,17,25,28-29H,1,5,12-14,23-24H2,2-3H3/b19-11-. The summed E-state index contributed by atoms with van der Waals surface area (Å²) in [5.41, 5.74) is 14.8. The summed E-state index contributed by atoms with van der Waals surface area (Å²) in [5, 5.41) is 19.7. The zero-order chi connectivity index (χ0) is 22.3. The van der Waals surface area contributed by atoms with Crippen molar-refractivity contribution >= 4 is 23.5 Å². The van der Waals surface area contributed by atoms with E-state index in [1.807, 2.05) is 13.0 Å². The lowest BCUT2D eigenvalue weighted by atomic mass is 10.1. The molecule has 7 N–H and O–H groups in total. The second kappa shape index (κ2) is 10.5. The number of likely N-dealkylation sites (N-methyl/N-ethyl adjacent to an activating group) is 2. The maximum Gasteiger partial charge on any atom is 0.246 e. The number of carbonyl (C=O) groups excluding carboxylic acids is 1. The molecule has 2 aromatic rings. The van der Waals surface area contributed by atoms with Crippen molar-refractivity contribution in [2.45, 2.75) is 19.5 Å². The van der Waals surface area contributed by atoms with Crippen LogP contribution in [0.3, 0.4) is 0 Å². The van der Waals surface area contributed by atoms with E-state index in [2.05, 4.69) is 16.5 Å². The van der Waals surface area contributed by atoms with Gasteiger partial charge in [-0.15, -0.1) is 0 Å². The zero-order valence-corrected chi connectivity index (χ0v) is 17.5. The summed E-state index contributed by atoms with van der Waals surface area (Å²) in [4.78, 5) is 18.6. The molecule has 1 aromatic heterocycles. The van der Waals surface area contributed by atoms with E-state index >= 15 is 0 Å². The number of aliphatic hydroxyl groups excluding tert-OH is 1. The summed E-state index contributed by atoms with van der Waals surface area (Å²) in [6.45, 7) is 7.12. The molecule has 8 heteroatoms. The number of H-pyrrole nitrogens is 1. The molecule has 1 atom stereocenters. The number of rotatable bonds is 10. The van der Waals surface area contributed by atoms with E-state index in [1.54, 1.807) is 37.4 Å².